The van der Waals surface area contributed by atoms with Crippen molar-refractivity contribution in [2.24, 2.45) is 0 Å². The van der Waals surface area contributed by atoms with Crippen LogP contribution in [0.3, 0.4) is 0 Å². The molecule has 0 atom stereocenters. The van der Waals surface area contributed by atoms with Crippen molar-refractivity contribution < 1.29 is 0 Å². The number of hydrogen-bond acceptors (Lipinski definition) is 4. The molecule has 1 saturated heterocycles. The standard InChI is InChI=1S/C14H16BrN3S/c1-11-3-2-4-12(9-11)17-5-7-18(8-6-17)14-16-13(15)10-19-14/h2-4,9-10H,5-8H2,1H3. The van der Waals surface area contributed by atoms with Crippen LogP contribution >= 0.6 is 27.3 Å². The fraction of sp³-hybridized carbons (Fsp3) is 0.357. The SMILES string of the molecule is Cc1cccc(N2CCN(c3nc(Br)cs3)CC2)c1. The van der Waals surface area contributed by atoms with Gasteiger partial charge in [-0.1, -0.05) is 12.1 Å². The second-order valence-corrected chi connectivity index (χ2v) is 6.41. The van der Waals surface area contributed by atoms with E-state index in [0.717, 1.165) is 35.9 Å². The van der Waals surface area contributed by atoms with E-state index in [1.807, 2.05) is 5.38 Å². The molecule has 0 aliphatic carbocycles. The van der Waals surface area contributed by atoms with Gasteiger partial charge in [0, 0.05) is 37.2 Å². The van der Waals surface area contributed by atoms with Gasteiger partial charge in [0.05, 0.1) is 0 Å². The summed E-state index contributed by atoms with van der Waals surface area (Å²) in [6.45, 7) is 6.33. The lowest BCUT2D eigenvalue weighted by Gasteiger charge is -2.36. The Morgan fingerprint density at radius 3 is 2.53 bits per heavy atom. The Morgan fingerprint density at radius 2 is 1.89 bits per heavy atom. The molecule has 100 valence electrons. The number of aromatic nitrogens is 1. The van der Waals surface area contributed by atoms with Crippen LogP contribution in [-0.4, -0.2) is 31.2 Å². The van der Waals surface area contributed by atoms with E-state index in [2.05, 4.69) is 61.9 Å². The second kappa shape index (κ2) is 5.51. The van der Waals surface area contributed by atoms with E-state index in [9.17, 15) is 0 Å². The molecule has 19 heavy (non-hydrogen) atoms. The molecule has 1 aliphatic heterocycles. The smallest absolute Gasteiger partial charge is 0.186 e. The molecule has 0 spiro atoms. The highest BCUT2D eigenvalue weighted by Gasteiger charge is 2.19. The molecule has 0 unspecified atom stereocenters. The third-order valence-corrected chi connectivity index (χ3v) is 4.99. The molecule has 1 aliphatic rings. The van der Waals surface area contributed by atoms with Crippen LogP contribution in [0.5, 0.6) is 0 Å². The summed E-state index contributed by atoms with van der Waals surface area (Å²) in [6.07, 6.45) is 0. The summed E-state index contributed by atoms with van der Waals surface area (Å²) in [7, 11) is 0. The van der Waals surface area contributed by atoms with Crippen molar-refractivity contribution in [3.05, 3.63) is 39.8 Å². The highest BCUT2D eigenvalue weighted by Crippen LogP contribution is 2.26. The van der Waals surface area contributed by atoms with Gasteiger partial charge in [0.1, 0.15) is 4.60 Å². The average molecular weight is 338 g/mol. The molecule has 0 bridgehead atoms. The third kappa shape index (κ3) is 2.92. The molecular weight excluding hydrogens is 322 g/mol. The summed E-state index contributed by atoms with van der Waals surface area (Å²) in [5, 5.41) is 3.16. The topological polar surface area (TPSA) is 19.4 Å². The molecule has 0 amide bonds. The van der Waals surface area contributed by atoms with Crippen LogP contribution in [-0.2, 0) is 0 Å². The van der Waals surface area contributed by atoms with Crippen molar-refractivity contribution in [1.29, 1.82) is 0 Å². The molecule has 0 radical (unpaired) electrons. The first-order valence-corrected chi connectivity index (χ1v) is 8.07. The molecule has 3 nitrogen and oxygen atoms in total. The van der Waals surface area contributed by atoms with Crippen molar-refractivity contribution in [1.82, 2.24) is 4.98 Å². The number of piperazine rings is 1. The van der Waals surface area contributed by atoms with Gasteiger partial charge in [0.15, 0.2) is 5.13 Å². The van der Waals surface area contributed by atoms with E-state index in [1.54, 1.807) is 11.3 Å². The van der Waals surface area contributed by atoms with Crippen molar-refractivity contribution in [2.45, 2.75) is 6.92 Å². The maximum absolute atomic E-state index is 4.49. The van der Waals surface area contributed by atoms with E-state index < -0.39 is 0 Å². The largest absolute Gasteiger partial charge is 0.368 e. The fourth-order valence-corrected chi connectivity index (χ4v) is 3.68. The molecule has 1 fully saturated rings. The number of hydrogen-bond donors (Lipinski definition) is 0. The van der Waals surface area contributed by atoms with Crippen LogP contribution in [0.15, 0.2) is 34.2 Å². The van der Waals surface area contributed by atoms with Crippen LogP contribution in [0, 0.1) is 6.92 Å². The molecule has 1 aromatic carbocycles. The molecule has 0 saturated carbocycles. The van der Waals surface area contributed by atoms with Crippen molar-refractivity contribution in [3.8, 4) is 0 Å². The van der Waals surface area contributed by atoms with Crippen molar-refractivity contribution in [3.63, 3.8) is 0 Å². The summed E-state index contributed by atoms with van der Waals surface area (Å²) < 4.78 is 0.939. The molecule has 5 heteroatoms. The van der Waals surface area contributed by atoms with Crippen LogP contribution in [0.1, 0.15) is 5.56 Å². The van der Waals surface area contributed by atoms with Gasteiger partial charge in [0.2, 0.25) is 0 Å². The highest BCUT2D eigenvalue weighted by atomic mass is 79.9. The Kier molecular flexibility index (Phi) is 3.75. The maximum atomic E-state index is 4.49. The second-order valence-electron chi connectivity index (χ2n) is 4.77. The van der Waals surface area contributed by atoms with Crippen molar-refractivity contribution >= 4 is 38.1 Å². The van der Waals surface area contributed by atoms with E-state index in [-0.39, 0.29) is 0 Å². The molecule has 3 rings (SSSR count). The Bertz CT molecular complexity index is 561. The number of anilines is 2. The Balaban J connectivity index is 1.66. The van der Waals surface area contributed by atoms with E-state index >= 15 is 0 Å². The van der Waals surface area contributed by atoms with Crippen LogP contribution in [0.4, 0.5) is 10.8 Å². The minimum absolute atomic E-state index is 0.939. The minimum Gasteiger partial charge on any atom is -0.368 e. The predicted molar refractivity (Wildman–Crippen MR) is 85.4 cm³/mol. The van der Waals surface area contributed by atoms with E-state index in [1.165, 1.54) is 11.3 Å². The van der Waals surface area contributed by atoms with Gasteiger partial charge in [-0.2, -0.15) is 0 Å². The Hall–Kier alpha value is -1.07. The maximum Gasteiger partial charge on any atom is 0.186 e. The molecule has 2 heterocycles. The molecule has 2 aromatic rings. The Labute approximate surface area is 126 Å². The lowest BCUT2D eigenvalue weighted by Crippen LogP contribution is -2.46. The first-order chi connectivity index (χ1) is 9.22. The van der Waals surface area contributed by atoms with Gasteiger partial charge in [-0.15, -0.1) is 11.3 Å². The van der Waals surface area contributed by atoms with Crippen LogP contribution < -0.4 is 9.80 Å². The average Bonchev–Trinajstić information content (AvgIpc) is 2.86. The number of rotatable bonds is 2. The fourth-order valence-electron chi connectivity index (χ4n) is 2.37. The summed E-state index contributed by atoms with van der Waals surface area (Å²) in [5.74, 6) is 0. The highest BCUT2D eigenvalue weighted by molar-refractivity contribution is 9.10. The predicted octanol–water partition coefficient (Wildman–Crippen LogP) is 3.54. The number of benzene rings is 1. The minimum atomic E-state index is 0.939. The van der Waals surface area contributed by atoms with Crippen LogP contribution in [0.2, 0.25) is 0 Å². The zero-order valence-corrected chi connectivity index (χ0v) is 13.2. The molecule has 1 aromatic heterocycles. The zero-order valence-electron chi connectivity index (χ0n) is 10.8. The van der Waals surface area contributed by atoms with Crippen molar-refractivity contribution in [2.75, 3.05) is 36.0 Å². The number of thiazole rings is 1. The van der Waals surface area contributed by atoms with Gasteiger partial charge in [-0.25, -0.2) is 4.98 Å². The van der Waals surface area contributed by atoms with Gasteiger partial charge in [0.25, 0.3) is 0 Å². The number of halogens is 1. The first kappa shape index (κ1) is 12.9. The van der Waals surface area contributed by atoms with Gasteiger partial charge < -0.3 is 9.80 Å². The van der Waals surface area contributed by atoms with E-state index in [4.69, 9.17) is 0 Å². The summed E-state index contributed by atoms with van der Waals surface area (Å²) in [6, 6.07) is 8.74. The van der Waals surface area contributed by atoms with Gasteiger partial charge in [-0.3, -0.25) is 0 Å². The summed E-state index contributed by atoms with van der Waals surface area (Å²) in [5.41, 5.74) is 2.66. The normalized spacial score (nSPS) is 15.9. The van der Waals surface area contributed by atoms with Crippen LogP contribution in [0.25, 0.3) is 0 Å². The molecule has 0 N–H and O–H groups in total. The summed E-state index contributed by atoms with van der Waals surface area (Å²) >= 11 is 5.12. The lowest BCUT2D eigenvalue weighted by molar-refractivity contribution is 0.651. The quantitative estimate of drug-likeness (QED) is 0.835. The first-order valence-electron chi connectivity index (χ1n) is 6.40. The number of aryl methyl sites for hydroxylation is 1. The lowest BCUT2D eigenvalue weighted by atomic mass is 10.2. The van der Waals surface area contributed by atoms with E-state index in [0.29, 0.717) is 0 Å². The number of nitrogens with zero attached hydrogens (tertiary/aromatic N) is 3. The summed E-state index contributed by atoms with van der Waals surface area (Å²) in [4.78, 5) is 9.30. The molecular formula is C14H16BrN3S. The third-order valence-electron chi connectivity index (χ3n) is 3.38. The van der Waals surface area contributed by atoms with Gasteiger partial charge in [-0.05, 0) is 40.5 Å². The zero-order chi connectivity index (χ0) is 13.2. The Morgan fingerprint density at radius 1 is 1.16 bits per heavy atom. The monoisotopic (exact) mass is 337 g/mol. The van der Waals surface area contributed by atoms with Gasteiger partial charge >= 0.3 is 0 Å².